The zero-order valence-corrected chi connectivity index (χ0v) is 11.1. The summed E-state index contributed by atoms with van der Waals surface area (Å²) in [5.41, 5.74) is -0.644. The SMILES string of the molecule is CC(C)CC(C)(C)NC(=O)OC(C)(C)C. The number of carbonyl (C=O) groups excluding carboxylic acids is 1. The second-order valence-corrected chi connectivity index (χ2v) is 6.11. The van der Waals surface area contributed by atoms with Crippen molar-refractivity contribution in [2.75, 3.05) is 0 Å². The first-order chi connectivity index (χ1) is 6.52. The molecule has 0 rings (SSSR count). The largest absolute Gasteiger partial charge is 0.444 e. The third-order valence-corrected chi connectivity index (χ3v) is 1.76. The van der Waals surface area contributed by atoms with Crippen LogP contribution in [0.25, 0.3) is 0 Å². The molecule has 3 heteroatoms. The lowest BCUT2D eigenvalue weighted by molar-refractivity contribution is 0.0462. The molecule has 1 N–H and O–H groups in total. The molecule has 0 aromatic rings. The van der Waals surface area contributed by atoms with Crippen LogP contribution in [0.5, 0.6) is 0 Å². The molecule has 0 aromatic carbocycles. The molecule has 0 aliphatic rings. The Balaban J connectivity index is 4.16. The normalized spacial score (nSPS) is 12.8. The van der Waals surface area contributed by atoms with Crippen LogP contribution in [0, 0.1) is 5.92 Å². The number of rotatable bonds is 3. The first-order valence-electron chi connectivity index (χ1n) is 5.53. The first-order valence-corrected chi connectivity index (χ1v) is 5.53. The van der Waals surface area contributed by atoms with E-state index in [2.05, 4.69) is 19.2 Å². The smallest absolute Gasteiger partial charge is 0.408 e. The summed E-state index contributed by atoms with van der Waals surface area (Å²) in [6, 6.07) is 0. The van der Waals surface area contributed by atoms with Gasteiger partial charge in [-0.25, -0.2) is 4.79 Å². The number of carbonyl (C=O) groups is 1. The zero-order valence-electron chi connectivity index (χ0n) is 11.1. The molecule has 0 radical (unpaired) electrons. The Kier molecular flexibility index (Phi) is 4.63. The maximum absolute atomic E-state index is 11.5. The average Bonchev–Trinajstić information content (AvgIpc) is 1.73. The number of hydrogen-bond donors (Lipinski definition) is 1. The molecule has 0 aliphatic heterocycles. The van der Waals surface area contributed by atoms with E-state index in [9.17, 15) is 4.79 Å². The maximum Gasteiger partial charge on any atom is 0.408 e. The van der Waals surface area contributed by atoms with Gasteiger partial charge in [-0.05, 0) is 47.0 Å². The highest BCUT2D eigenvalue weighted by atomic mass is 16.6. The van der Waals surface area contributed by atoms with Gasteiger partial charge in [0.2, 0.25) is 0 Å². The van der Waals surface area contributed by atoms with Crippen LogP contribution in [0.4, 0.5) is 4.79 Å². The van der Waals surface area contributed by atoms with E-state index in [-0.39, 0.29) is 11.6 Å². The number of amides is 1. The highest BCUT2D eigenvalue weighted by Gasteiger charge is 2.25. The summed E-state index contributed by atoms with van der Waals surface area (Å²) >= 11 is 0. The molecular weight excluding hydrogens is 190 g/mol. The molecule has 1 amide bonds. The van der Waals surface area contributed by atoms with E-state index < -0.39 is 5.60 Å². The fourth-order valence-electron chi connectivity index (χ4n) is 1.65. The lowest BCUT2D eigenvalue weighted by atomic mass is 9.93. The van der Waals surface area contributed by atoms with Crippen LogP contribution in [-0.2, 0) is 4.74 Å². The molecule has 0 fully saturated rings. The van der Waals surface area contributed by atoms with Crippen LogP contribution >= 0.6 is 0 Å². The van der Waals surface area contributed by atoms with Gasteiger partial charge in [-0.2, -0.15) is 0 Å². The second-order valence-electron chi connectivity index (χ2n) is 6.11. The summed E-state index contributed by atoms with van der Waals surface area (Å²) in [5.74, 6) is 0.551. The molecule has 0 atom stereocenters. The van der Waals surface area contributed by atoms with Gasteiger partial charge in [0.05, 0.1) is 0 Å². The minimum absolute atomic E-state index is 0.212. The second kappa shape index (κ2) is 4.86. The summed E-state index contributed by atoms with van der Waals surface area (Å²) < 4.78 is 5.21. The number of ether oxygens (including phenoxy) is 1. The van der Waals surface area contributed by atoms with Crippen LogP contribution < -0.4 is 5.32 Å². The van der Waals surface area contributed by atoms with Crippen LogP contribution in [0.1, 0.15) is 54.9 Å². The zero-order chi connectivity index (χ0) is 12.3. The van der Waals surface area contributed by atoms with Crippen molar-refractivity contribution in [2.45, 2.75) is 66.0 Å². The molecule has 0 aliphatic carbocycles. The summed E-state index contributed by atoms with van der Waals surface area (Å²) in [6.07, 6.45) is 0.597. The minimum atomic E-state index is -0.433. The van der Waals surface area contributed by atoms with Crippen molar-refractivity contribution < 1.29 is 9.53 Å². The fourth-order valence-corrected chi connectivity index (χ4v) is 1.65. The highest BCUT2D eigenvalue weighted by Crippen LogP contribution is 2.16. The molecule has 0 spiro atoms. The van der Waals surface area contributed by atoms with Gasteiger partial charge in [-0.3, -0.25) is 0 Å². The molecule has 0 unspecified atom stereocenters. The molecule has 0 heterocycles. The van der Waals surface area contributed by atoms with E-state index in [4.69, 9.17) is 4.74 Å². The van der Waals surface area contributed by atoms with Crippen LogP contribution in [-0.4, -0.2) is 17.2 Å². The van der Waals surface area contributed by atoms with E-state index >= 15 is 0 Å². The number of alkyl carbamates (subject to hydrolysis) is 1. The van der Waals surface area contributed by atoms with Crippen LogP contribution in [0.2, 0.25) is 0 Å². The predicted molar refractivity (Wildman–Crippen MR) is 62.9 cm³/mol. The average molecular weight is 215 g/mol. The molecule has 3 nitrogen and oxygen atoms in total. The van der Waals surface area contributed by atoms with Crippen molar-refractivity contribution in [2.24, 2.45) is 5.92 Å². The third kappa shape index (κ3) is 8.28. The van der Waals surface area contributed by atoms with Gasteiger partial charge in [-0.1, -0.05) is 13.8 Å². The first kappa shape index (κ1) is 14.3. The predicted octanol–water partition coefficient (Wildman–Crippen LogP) is 3.34. The molecule has 0 bridgehead atoms. The van der Waals surface area contributed by atoms with Gasteiger partial charge in [0.25, 0.3) is 0 Å². The summed E-state index contributed by atoms with van der Waals surface area (Å²) in [7, 11) is 0. The van der Waals surface area contributed by atoms with E-state index in [1.807, 2.05) is 34.6 Å². The fraction of sp³-hybridized carbons (Fsp3) is 0.917. The van der Waals surface area contributed by atoms with E-state index in [1.54, 1.807) is 0 Å². The van der Waals surface area contributed by atoms with Gasteiger partial charge in [0.1, 0.15) is 5.60 Å². The van der Waals surface area contributed by atoms with Gasteiger partial charge in [-0.15, -0.1) is 0 Å². The number of nitrogens with one attached hydrogen (secondary N) is 1. The van der Waals surface area contributed by atoms with Gasteiger partial charge in [0.15, 0.2) is 0 Å². The Hall–Kier alpha value is -0.730. The van der Waals surface area contributed by atoms with E-state index in [0.29, 0.717) is 5.92 Å². The van der Waals surface area contributed by atoms with Gasteiger partial charge >= 0.3 is 6.09 Å². The lowest BCUT2D eigenvalue weighted by Gasteiger charge is -2.29. The van der Waals surface area contributed by atoms with E-state index in [0.717, 1.165) is 6.42 Å². The Morgan fingerprint density at radius 1 is 1.20 bits per heavy atom. The molecule has 90 valence electrons. The topological polar surface area (TPSA) is 38.3 Å². The highest BCUT2D eigenvalue weighted by molar-refractivity contribution is 5.68. The van der Waals surface area contributed by atoms with Crippen molar-refractivity contribution in [1.82, 2.24) is 5.32 Å². The summed E-state index contributed by atoms with van der Waals surface area (Å²) in [6.45, 7) is 13.9. The lowest BCUT2D eigenvalue weighted by Crippen LogP contribution is -2.46. The Morgan fingerprint density at radius 3 is 2.00 bits per heavy atom. The van der Waals surface area contributed by atoms with Crippen LogP contribution in [0.15, 0.2) is 0 Å². The Labute approximate surface area is 93.6 Å². The Bertz CT molecular complexity index is 214. The number of hydrogen-bond acceptors (Lipinski definition) is 2. The quantitative estimate of drug-likeness (QED) is 0.784. The van der Waals surface area contributed by atoms with Crippen molar-refractivity contribution in [3.63, 3.8) is 0 Å². The molecule has 0 saturated heterocycles. The Morgan fingerprint density at radius 2 is 1.67 bits per heavy atom. The van der Waals surface area contributed by atoms with Gasteiger partial charge in [0, 0.05) is 5.54 Å². The minimum Gasteiger partial charge on any atom is -0.444 e. The summed E-state index contributed by atoms with van der Waals surface area (Å²) in [4.78, 5) is 11.5. The van der Waals surface area contributed by atoms with Crippen molar-refractivity contribution in [1.29, 1.82) is 0 Å². The molecular formula is C12H25NO2. The van der Waals surface area contributed by atoms with Crippen molar-refractivity contribution >= 4 is 6.09 Å². The van der Waals surface area contributed by atoms with Crippen LogP contribution in [0.3, 0.4) is 0 Å². The van der Waals surface area contributed by atoms with E-state index in [1.165, 1.54) is 0 Å². The molecule has 15 heavy (non-hydrogen) atoms. The standard InChI is InChI=1S/C12H25NO2/c1-9(2)8-12(6,7)13-10(14)15-11(3,4)5/h9H,8H2,1-7H3,(H,13,14). The van der Waals surface area contributed by atoms with Crippen molar-refractivity contribution in [3.05, 3.63) is 0 Å². The third-order valence-electron chi connectivity index (χ3n) is 1.76. The van der Waals surface area contributed by atoms with Crippen molar-refractivity contribution in [3.8, 4) is 0 Å². The van der Waals surface area contributed by atoms with Gasteiger partial charge < -0.3 is 10.1 Å². The summed E-state index contributed by atoms with van der Waals surface area (Å²) in [5, 5.41) is 2.88. The molecule has 0 saturated carbocycles. The maximum atomic E-state index is 11.5. The monoisotopic (exact) mass is 215 g/mol. The molecule has 0 aromatic heterocycles.